The average Bonchev–Trinajstić information content (AvgIpc) is 3.17. The number of nitrogens with zero attached hydrogens (tertiary/aromatic N) is 3. The number of carbonyl (C=O) groups excluding carboxylic acids is 2. The number of halogens is 3. The molecule has 2 amide bonds. The third kappa shape index (κ3) is 6.72. The van der Waals surface area contributed by atoms with E-state index >= 15 is 0 Å². The van der Waals surface area contributed by atoms with E-state index in [-0.39, 0.29) is 22.9 Å². The molecule has 0 fully saturated rings. The second-order valence-electron chi connectivity index (χ2n) is 8.84. The van der Waals surface area contributed by atoms with Crippen molar-refractivity contribution in [2.24, 2.45) is 12.1 Å². The molecule has 0 aliphatic carbocycles. The van der Waals surface area contributed by atoms with E-state index in [1.165, 1.54) is 23.0 Å². The van der Waals surface area contributed by atoms with E-state index in [4.69, 9.17) is 21.1 Å². The summed E-state index contributed by atoms with van der Waals surface area (Å²) in [6, 6.07) is 16.5. The lowest BCUT2D eigenvalue weighted by atomic mass is 10.2. The maximum absolute atomic E-state index is 14.2. The Labute approximate surface area is 253 Å². The van der Waals surface area contributed by atoms with Gasteiger partial charge in [0, 0.05) is 12.6 Å². The average molecular weight is 659 g/mol. The number of ether oxygens (including phenoxy) is 2. The standard InChI is InChI=1S/C29H26BrClFN5O5/c1-4-41-24-14-18(13-21(30)26(24)42-16-20-22(31)11-8-12-23(20)32)15-33-35-28(39)27(38)34-25-17(2)36(3)37(29(25)40)19-9-6-5-7-10-19/h5-15H,4,16H2,1-3H3,(H,34,38)(H,35,39)/b33-15+. The molecule has 4 aromatic rings. The first-order chi connectivity index (χ1) is 20.1. The second kappa shape index (κ2) is 13.5. The summed E-state index contributed by atoms with van der Waals surface area (Å²) < 4.78 is 29.1. The van der Waals surface area contributed by atoms with Gasteiger partial charge < -0.3 is 14.8 Å². The van der Waals surface area contributed by atoms with Crippen molar-refractivity contribution in [2.75, 3.05) is 11.9 Å². The van der Waals surface area contributed by atoms with Gasteiger partial charge in [-0.05, 0) is 71.7 Å². The molecule has 4 rings (SSSR count). The van der Waals surface area contributed by atoms with Crippen LogP contribution in [0.5, 0.6) is 11.5 Å². The number of rotatable bonds is 9. The van der Waals surface area contributed by atoms with Crippen LogP contribution in [0, 0.1) is 12.7 Å². The van der Waals surface area contributed by atoms with E-state index < -0.39 is 23.2 Å². The Morgan fingerprint density at radius 1 is 1.10 bits per heavy atom. The Balaban J connectivity index is 1.45. The van der Waals surface area contributed by atoms with Crippen LogP contribution < -0.4 is 25.8 Å². The molecule has 13 heteroatoms. The van der Waals surface area contributed by atoms with Gasteiger partial charge in [0.15, 0.2) is 11.5 Å². The summed E-state index contributed by atoms with van der Waals surface area (Å²) in [7, 11) is 1.67. The molecule has 0 unspecified atom stereocenters. The molecule has 0 atom stereocenters. The van der Waals surface area contributed by atoms with Crippen LogP contribution in [0.4, 0.5) is 10.1 Å². The van der Waals surface area contributed by atoms with Crippen LogP contribution in [0.2, 0.25) is 5.02 Å². The Morgan fingerprint density at radius 3 is 2.52 bits per heavy atom. The van der Waals surface area contributed by atoms with E-state index in [9.17, 15) is 18.8 Å². The van der Waals surface area contributed by atoms with Gasteiger partial charge in [-0.2, -0.15) is 5.10 Å². The topological polar surface area (TPSA) is 116 Å². The summed E-state index contributed by atoms with van der Waals surface area (Å²) in [5.74, 6) is -1.99. The Kier molecular flexibility index (Phi) is 9.81. The van der Waals surface area contributed by atoms with E-state index in [0.717, 1.165) is 0 Å². The quantitative estimate of drug-likeness (QED) is 0.147. The molecule has 0 saturated carbocycles. The molecule has 0 radical (unpaired) electrons. The minimum absolute atomic E-state index is 0.0250. The van der Waals surface area contributed by atoms with Crippen molar-refractivity contribution in [1.29, 1.82) is 0 Å². The molecule has 0 bridgehead atoms. The van der Waals surface area contributed by atoms with Gasteiger partial charge in [-0.15, -0.1) is 0 Å². The predicted octanol–water partition coefficient (Wildman–Crippen LogP) is 5.11. The highest BCUT2D eigenvalue weighted by Crippen LogP contribution is 2.37. The Bertz CT molecular complexity index is 1700. The number of para-hydroxylation sites is 1. The largest absolute Gasteiger partial charge is 0.490 e. The number of anilines is 1. The molecule has 0 aliphatic rings. The normalized spacial score (nSPS) is 11.0. The van der Waals surface area contributed by atoms with Crippen molar-refractivity contribution in [3.8, 4) is 17.2 Å². The lowest BCUT2D eigenvalue weighted by Gasteiger charge is -2.15. The van der Waals surface area contributed by atoms with Crippen LogP contribution in [0.3, 0.4) is 0 Å². The SMILES string of the molecule is CCOc1cc(/C=N/NC(=O)C(=O)Nc2c(C)n(C)n(-c3ccccc3)c2=O)cc(Br)c1OCc1c(F)cccc1Cl. The third-order valence-electron chi connectivity index (χ3n) is 6.13. The number of nitrogens with one attached hydrogen (secondary N) is 2. The first-order valence-electron chi connectivity index (χ1n) is 12.6. The van der Waals surface area contributed by atoms with Gasteiger partial charge in [0.1, 0.15) is 18.1 Å². The predicted molar refractivity (Wildman–Crippen MR) is 161 cm³/mol. The summed E-state index contributed by atoms with van der Waals surface area (Å²) >= 11 is 9.52. The highest BCUT2D eigenvalue weighted by molar-refractivity contribution is 9.10. The first-order valence-corrected chi connectivity index (χ1v) is 13.8. The molecule has 0 aliphatic heterocycles. The van der Waals surface area contributed by atoms with Crippen molar-refractivity contribution in [3.05, 3.63) is 103 Å². The van der Waals surface area contributed by atoms with Crippen LogP contribution in [-0.2, 0) is 23.2 Å². The minimum Gasteiger partial charge on any atom is -0.490 e. The lowest BCUT2D eigenvalue weighted by Crippen LogP contribution is -2.34. The second-order valence-corrected chi connectivity index (χ2v) is 10.1. The summed E-state index contributed by atoms with van der Waals surface area (Å²) in [5, 5.41) is 6.46. The van der Waals surface area contributed by atoms with E-state index in [1.54, 1.807) is 68.0 Å². The minimum atomic E-state index is -1.08. The molecular formula is C29H26BrClFN5O5. The smallest absolute Gasteiger partial charge is 0.329 e. The van der Waals surface area contributed by atoms with Crippen molar-refractivity contribution >= 4 is 51.2 Å². The van der Waals surface area contributed by atoms with Crippen LogP contribution in [0.25, 0.3) is 5.69 Å². The molecule has 2 N–H and O–H groups in total. The van der Waals surface area contributed by atoms with E-state index in [2.05, 4.69) is 31.8 Å². The molecule has 0 saturated heterocycles. The monoisotopic (exact) mass is 657 g/mol. The zero-order valence-electron chi connectivity index (χ0n) is 22.8. The number of hydrogen-bond donors (Lipinski definition) is 2. The van der Waals surface area contributed by atoms with Crippen LogP contribution in [-0.4, -0.2) is 34.0 Å². The van der Waals surface area contributed by atoms with Crippen molar-refractivity contribution < 1.29 is 23.5 Å². The maximum atomic E-state index is 14.2. The number of benzene rings is 3. The summed E-state index contributed by atoms with van der Waals surface area (Å²) in [6.45, 7) is 3.61. The van der Waals surface area contributed by atoms with E-state index in [1.807, 2.05) is 6.07 Å². The van der Waals surface area contributed by atoms with Gasteiger partial charge in [0.25, 0.3) is 5.56 Å². The van der Waals surface area contributed by atoms with Crippen molar-refractivity contribution in [2.45, 2.75) is 20.5 Å². The number of amides is 2. The fourth-order valence-corrected chi connectivity index (χ4v) is 4.77. The van der Waals surface area contributed by atoms with Crippen molar-refractivity contribution in [1.82, 2.24) is 14.8 Å². The fraction of sp³-hybridized carbons (Fsp3) is 0.172. The van der Waals surface area contributed by atoms with Gasteiger partial charge in [0.05, 0.1) is 33.7 Å². The van der Waals surface area contributed by atoms with Gasteiger partial charge in [-0.1, -0.05) is 35.9 Å². The van der Waals surface area contributed by atoms with Crippen LogP contribution in [0.15, 0.2) is 75.0 Å². The molecular weight excluding hydrogens is 633 g/mol. The van der Waals surface area contributed by atoms with Crippen LogP contribution >= 0.6 is 27.5 Å². The van der Waals surface area contributed by atoms with Gasteiger partial charge >= 0.3 is 11.8 Å². The van der Waals surface area contributed by atoms with E-state index in [0.29, 0.717) is 39.5 Å². The molecule has 218 valence electrons. The molecule has 10 nitrogen and oxygen atoms in total. The lowest BCUT2D eigenvalue weighted by molar-refractivity contribution is -0.136. The Morgan fingerprint density at radius 2 is 1.83 bits per heavy atom. The molecule has 3 aromatic carbocycles. The van der Waals surface area contributed by atoms with Gasteiger partial charge in [0.2, 0.25) is 0 Å². The Hall–Kier alpha value is -4.42. The molecule has 42 heavy (non-hydrogen) atoms. The zero-order chi connectivity index (χ0) is 30.4. The zero-order valence-corrected chi connectivity index (χ0v) is 25.1. The molecule has 0 spiro atoms. The van der Waals surface area contributed by atoms with Gasteiger partial charge in [-0.25, -0.2) is 14.5 Å². The van der Waals surface area contributed by atoms with Crippen molar-refractivity contribution in [3.63, 3.8) is 0 Å². The highest BCUT2D eigenvalue weighted by Gasteiger charge is 2.21. The number of carbonyl (C=O) groups is 2. The van der Waals surface area contributed by atoms with Crippen LogP contribution in [0.1, 0.15) is 23.7 Å². The third-order valence-corrected chi connectivity index (χ3v) is 7.08. The molecule has 1 aromatic heterocycles. The highest BCUT2D eigenvalue weighted by atomic mass is 79.9. The van der Waals surface area contributed by atoms with Gasteiger partial charge in [-0.3, -0.25) is 19.1 Å². The number of hydrazone groups is 1. The number of hydrogen-bond acceptors (Lipinski definition) is 6. The summed E-state index contributed by atoms with van der Waals surface area (Å²) in [5.41, 5.74) is 3.39. The molecule has 1 heterocycles. The fourth-order valence-electron chi connectivity index (χ4n) is 3.98. The first kappa shape index (κ1) is 30.5. The number of aromatic nitrogens is 2. The summed E-state index contributed by atoms with van der Waals surface area (Å²) in [6.07, 6.45) is 1.30. The maximum Gasteiger partial charge on any atom is 0.329 e. The summed E-state index contributed by atoms with van der Waals surface area (Å²) in [4.78, 5) is 38.0.